The second-order valence-corrected chi connectivity index (χ2v) is 15.2. The number of aromatic hydroxyl groups is 2. The Bertz CT molecular complexity index is 1860. The maximum atomic E-state index is 13.8. The molecule has 8 aliphatic rings. The van der Waals surface area contributed by atoms with Gasteiger partial charge in [-0.3, -0.25) is 24.3 Å². The second kappa shape index (κ2) is 8.43. The fourth-order valence-electron chi connectivity index (χ4n) is 12.4. The first-order valence-electron chi connectivity index (χ1n) is 17.0. The summed E-state index contributed by atoms with van der Waals surface area (Å²) in [5.74, 6) is -0.307. The molecule has 1 amide bonds. The number of phenols is 2. The van der Waals surface area contributed by atoms with E-state index < -0.39 is 33.7 Å². The number of rotatable bonds is 2. The molecule has 0 aromatic heterocycles. The van der Waals surface area contributed by atoms with Crippen molar-refractivity contribution in [1.82, 2.24) is 9.80 Å². The molecular formula is C36H40N4O7. The van der Waals surface area contributed by atoms with Gasteiger partial charge in [0.15, 0.2) is 22.9 Å². The number of carbonyl (C=O) groups is 2. The number of para-hydroxylation sites is 1. The fourth-order valence-corrected chi connectivity index (χ4v) is 12.4. The number of methoxy groups -OCH3 is 1. The molecule has 11 nitrogen and oxygen atoms in total. The van der Waals surface area contributed by atoms with Gasteiger partial charge in [0, 0.05) is 32.1 Å². The van der Waals surface area contributed by atoms with Crippen molar-refractivity contribution in [2.75, 3.05) is 50.6 Å². The van der Waals surface area contributed by atoms with Gasteiger partial charge in [-0.15, -0.1) is 0 Å². The topological polar surface area (TPSA) is 126 Å². The van der Waals surface area contributed by atoms with E-state index in [1.165, 1.54) is 12.0 Å². The Hall–Kier alpha value is -3.80. The Labute approximate surface area is 272 Å². The molecule has 2 aromatic carbocycles. The summed E-state index contributed by atoms with van der Waals surface area (Å²) in [5, 5.41) is 37.1. The fraction of sp³-hybridized carbons (Fsp3) is 0.556. The molecule has 10 rings (SSSR count). The summed E-state index contributed by atoms with van der Waals surface area (Å²) in [5.41, 5.74) is -2.04. The molecule has 2 aromatic rings. The number of anilines is 2. The van der Waals surface area contributed by atoms with E-state index in [1.54, 1.807) is 12.1 Å². The van der Waals surface area contributed by atoms with Crippen molar-refractivity contribution < 1.29 is 34.4 Å². The van der Waals surface area contributed by atoms with Gasteiger partial charge in [0.2, 0.25) is 5.91 Å². The minimum absolute atomic E-state index is 0.0315. The Morgan fingerprint density at radius 2 is 1.83 bits per heavy atom. The SMILES string of the molecule is COc1c(C23CCN(C)C4CCC(=O)N(c5c(O)cccc52)C43O)cc2c(c1O)N(C)C1C=CC34CCCN5CCC21C53OC(=O)C4. The number of likely N-dealkylation sites (tertiary alicyclic amines) is 1. The smallest absolute Gasteiger partial charge is 0.308 e. The van der Waals surface area contributed by atoms with E-state index in [4.69, 9.17) is 9.47 Å². The average molecular weight is 641 g/mol. The highest BCUT2D eigenvalue weighted by Gasteiger charge is 2.81. The summed E-state index contributed by atoms with van der Waals surface area (Å²) in [7, 11) is 5.48. The summed E-state index contributed by atoms with van der Waals surface area (Å²) < 4.78 is 12.8. The van der Waals surface area contributed by atoms with E-state index in [-0.39, 0.29) is 41.6 Å². The standard InChI is InChI=1S/C36H40N4O7/c1-37-16-13-33(20-6-4-7-23(41)28(20)40-26(42)9-8-25(37)35(33,40)45)22-18-21-29(30(44)31(22)46-3)38(2)24-10-12-32-11-5-15-39-17-14-34(21,24)36(32,39)47-27(43)19-32/h4,6-7,10,12,18,24-25,41,44-45H,5,8-9,11,13-17,19H2,1-3H3. The van der Waals surface area contributed by atoms with Gasteiger partial charge >= 0.3 is 5.97 Å². The van der Waals surface area contributed by atoms with Crippen LogP contribution in [0.25, 0.3) is 0 Å². The Balaban J connectivity index is 1.31. The number of nitrogens with zero attached hydrogens (tertiary/aromatic N) is 4. The quantitative estimate of drug-likeness (QED) is 0.333. The summed E-state index contributed by atoms with van der Waals surface area (Å²) >= 11 is 0. The number of carbonyl (C=O) groups excluding carboxylic acids is 2. The van der Waals surface area contributed by atoms with Crippen molar-refractivity contribution in [1.29, 1.82) is 0 Å². The van der Waals surface area contributed by atoms with Crippen LogP contribution in [0.1, 0.15) is 61.6 Å². The average Bonchev–Trinajstić information content (AvgIpc) is 3.70. The first kappa shape index (κ1) is 28.2. The molecule has 11 heteroatoms. The van der Waals surface area contributed by atoms with Crippen molar-refractivity contribution in [3.8, 4) is 17.2 Å². The maximum absolute atomic E-state index is 13.8. The van der Waals surface area contributed by atoms with Crippen LogP contribution in [0.3, 0.4) is 0 Å². The molecule has 3 N–H and O–H groups in total. The molecule has 7 unspecified atom stereocenters. The van der Waals surface area contributed by atoms with Crippen LogP contribution in [-0.4, -0.2) is 101 Å². The molecule has 5 fully saturated rings. The zero-order valence-electron chi connectivity index (χ0n) is 27.0. The number of phenolic OH excluding ortho intramolecular Hbond substituents is 2. The molecule has 7 heterocycles. The summed E-state index contributed by atoms with van der Waals surface area (Å²) in [6.45, 7) is 2.19. The lowest BCUT2D eigenvalue weighted by atomic mass is 9.52. The molecule has 0 bridgehead atoms. The minimum atomic E-state index is -1.77. The predicted octanol–water partition coefficient (Wildman–Crippen LogP) is 2.68. The molecule has 1 aliphatic carbocycles. The number of aliphatic hydroxyl groups is 1. The number of likely N-dealkylation sites (N-methyl/N-ethyl adjacent to an activating group) is 2. The Morgan fingerprint density at radius 1 is 1.00 bits per heavy atom. The van der Waals surface area contributed by atoms with Crippen LogP contribution in [0.4, 0.5) is 11.4 Å². The van der Waals surface area contributed by atoms with Gasteiger partial charge in [-0.25, -0.2) is 0 Å². The van der Waals surface area contributed by atoms with E-state index in [2.05, 4.69) is 32.9 Å². The number of esters is 1. The largest absolute Gasteiger partial charge is 0.506 e. The number of amides is 1. The van der Waals surface area contributed by atoms with Crippen LogP contribution in [0.5, 0.6) is 17.2 Å². The monoisotopic (exact) mass is 640 g/mol. The Morgan fingerprint density at radius 3 is 2.64 bits per heavy atom. The number of ether oxygens (including phenoxy) is 2. The molecule has 7 atom stereocenters. The first-order chi connectivity index (χ1) is 22.5. The molecule has 0 radical (unpaired) electrons. The lowest BCUT2D eigenvalue weighted by molar-refractivity contribution is -0.207. The predicted molar refractivity (Wildman–Crippen MR) is 171 cm³/mol. The van der Waals surface area contributed by atoms with E-state index in [1.807, 2.05) is 20.2 Å². The van der Waals surface area contributed by atoms with Crippen LogP contribution >= 0.6 is 0 Å². The molecule has 7 aliphatic heterocycles. The molecule has 47 heavy (non-hydrogen) atoms. The lowest BCUT2D eigenvalue weighted by Gasteiger charge is -2.59. The van der Waals surface area contributed by atoms with Gasteiger partial charge in [-0.05, 0) is 69.0 Å². The van der Waals surface area contributed by atoms with Crippen LogP contribution in [0, 0.1) is 5.41 Å². The van der Waals surface area contributed by atoms with Gasteiger partial charge in [-0.1, -0.05) is 24.3 Å². The second-order valence-electron chi connectivity index (χ2n) is 15.2. The highest BCUT2D eigenvalue weighted by Crippen LogP contribution is 2.74. The zero-order valence-corrected chi connectivity index (χ0v) is 27.0. The summed E-state index contributed by atoms with van der Waals surface area (Å²) in [6.07, 6.45) is 8.41. The highest BCUT2D eigenvalue weighted by atomic mass is 16.6. The number of hydrogen-bond acceptors (Lipinski definition) is 10. The van der Waals surface area contributed by atoms with Gasteiger partial charge in [0.25, 0.3) is 0 Å². The van der Waals surface area contributed by atoms with Gasteiger partial charge in [-0.2, -0.15) is 0 Å². The molecule has 2 spiro atoms. The van der Waals surface area contributed by atoms with E-state index in [9.17, 15) is 24.9 Å². The molecule has 246 valence electrons. The third-order valence-corrected chi connectivity index (χ3v) is 13.9. The maximum Gasteiger partial charge on any atom is 0.308 e. The van der Waals surface area contributed by atoms with Crippen molar-refractivity contribution in [3.63, 3.8) is 0 Å². The number of hydrogen-bond donors (Lipinski definition) is 3. The molecule has 0 saturated carbocycles. The van der Waals surface area contributed by atoms with Gasteiger partial charge in [0.1, 0.15) is 5.75 Å². The summed E-state index contributed by atoms with van der Waals surface area (Å²) in [4.78, 5) is 35.3. The van der Waals surface area contributed by atoms with Crippen molar-refractivity contribution in [3.05, 3.63) is 53.1 Å². The number of benzene rings is 2. The van der Waals surface area contributed by atoms with Crippen molar-refractivity contribution in [2.24, 2.45) is 5.41 Å². The minimum Gasteiger partial charge on any atom is -0.506 e. The van der Waals surface area contributed by atoms with Gasteiger partial charge in [0.05, 0.1) is 53.2 Å². The van der Waals surface area contributed by atoms with Crippen LogP contribution in [-0.2, 0) is 25.2 Å². The molecular weight excluding hydrogens is 600 g/mol. The van der Waals surface area contributed by atoms with E-state index in [0.29, 0.717) is 48.3 Å². The number of fused-ring (bicyclic) bond motifs is 4. The number of piperidine rings is 3. The van der Waals surface area contributed by atoms with E-state index >= 15 is 0 Å². The first-order valence-corrected chi connectivity index (χ1v) is 17.0. The Kier molecular flexibility index (Phi) is 5.06. The van der Waals surface area contributed by atoms with Crippen LogP contribution < -0.4 is 14.5 Å². The third kappa shape index (κ3) is 2.62. The zero-order chi connectivity index (χ0) is 32.5. The van der Waals surface area contributed by atoms with Crippen molar-refractivity contribution >= 4 is 23.3 Å². The molecule has 5 saturated heterocycles. The lowest BCUT2D eigenvalue weighted by Crippen LogP contribution is -2.75. The normalized spacial score (nSPS) is 40.9. The van der Waals surface area contributed by atoms with Crippen molar-refractivity contribution in [2.45, 2.75) is 79.3 Å². The third-order valence-electron chi connectivity index (χ3n) is 13.9. The van der Waals surface area contributed by atoms with Crippen LogP contribution in [0.15, 0.2) is 36.4 Å². The summed E-state index contributed by atoms with van der Waals surface area (Å²) in [6, 6.07) is 6.68. The van der Waals surface area contributed by atoms with Crippen LogP contribution in [0.2, 0.25) is 0 Å². The highest BCUT2D eigenvalue weighted by molar-refractivity contribution is 6.02. The van der Waals surface area contributed by atoms with E-state index in [0.717, 1.165) is 37.9 Å². The van der Waals surface area contributed by atoms with Gasteiger partial charge < -0.3 is 29.7 Å².